The van der Waals surface area contributed by atoms with E-state index in [-0.39, 0.29) is 11.9 Å². The maximum atomic E-state index is 12.8. The molecule has 2 heterocycles. The number of urea groups is 1. The zero-order valence-electron chi connectivity index (χ0n) is 15.7. The highest BCUT2D eigenvalue weighted by Gasteiger charge is 2.25. The summed E-state index contributed by atoms with van der Waals surface area (Å²) < 4.78 is 0. The predicted molar refractivity (Wildman–Crippen MR) is 106 cm³/mol. The fourth-order valence-electron chi connectivity index (χ4n) is 4.26. The molecule has 27 heavy (non-hydrogen) atoms. The predicted octanol–water partition coefficient (Wildman–Crippen LogP) is 2.90. The van der Waals surface area contributed by atoms with Gasteiger partial charge in [-0.2, -0.15) is 0 Å². The first-order chi connectivity index (χ1) is 13.2. The number of aromatic nitrogens is 1. The van der Waals surface area contributed by atoms with E-state index in [1.54, 1.807) is 0 Å². The molecule has 0 bridgehead atoms. The Morgan fingerprint density at radius 3 is 2.59 bits per heavy atom. The van der Waals surface area contributed by atoms with Crippen LogP contribution < -0.4 is 5.32 Å². The molecule has 1 aliphatic carbocycles. The Morgan fingerprint density at radius 2 is 1.74 bits per heavy atom. The SMILES string of the molecule is O=C(Cc1c[nH]c2ccccc12)N1CCCN(C(=O)NC2CCCC2)CC1. The standard InChI is InChI=1S/C21H28N4O2/c26-20(14-16-15-22-19-9-4-3-8-18(16)19)24-10-5-11-25(13-12-24)21(27)23-17-6-1-2-7-17/h3-4,8-9,15,17,22H,1-2,5-7,10-14H2,(H,23,27). The summed E-state index contributed by atoms with van der Waals surface area (Å²) in [6, 6.07) is 8.43. The van der Waals surface area contributed by atoms with Gasteiger partial charge in [-0.05, 0) is 30.9 Å². The molecule has 1 aromatic heterocycles. The van der Waals surface area contributed by atoms with Gasteiger partial charge in [-0.25, -0.2) is 4.79 Å². The van der Waals surface area contributed by atoms with E-state index in [9.17, 15) is 9.59 Å². The van der Waals surface area contributed by atoms with Crippen molar-refractivity contribution < 1.29 is 9.59 Å². The van der Waals surface area contributed by atoms with Crippen LogP contribution in [-0.4, -0.2) is 58.9 Å². The summed E-state index contributed by atoms with van der Waals surface area (Å²) in [5, 5.41) is 4.27. The van der Waals surface area contributed by atoms with Crippen molar-refractivity contribution in [2.45, 2.75) is 44.6 Å². The largest absolute Gasteiger partial charge is 0.361 e. The lowest BCUT2D eigenvalue weighted by Gasteiger charge is -2.24. The van der Waals surface area contributed by atoms with Crippen LogP contribution in [-0.2, 0) is 11.2 Å². The number of carbonyl (C=O) groups excluding carboxylic acids is 2. The zero-order valence-corrected chi connectivity index (χ0v) is 15.7. The molecule has 0 radical (unpaired) electrons. The fraction of sp³-hybridized carbons (Fsp3) is 0.524. The van der Waals surface area contributed by atoms with Crippen LogP contribution in [0.15, 0.2) is 30.5 Å². The van der Waals surface area contributed by atoms with Crippen molar-refractivity contribution in [1.82, 2.24) is 20.1 Å². The number of fused-ring (bicyclic) bond motifs is 1. The molecule has 2 N–H and O–H groups in total. The summed E-state index contributed by atoms with van der Waals surface area (Å²) in [6.45, 7) is 2.65. The quantitative estimate of drug-likeness (QED) is 0.875. The van der Waals surface area contributed by atoms with Crippen LogP contribution in [0.2, 0.25) is 0 Å². The van der Waals surface area contributed by atoms with E-state index < -0.39 is 0 Å². The highest BCUT2D eigenvalue weighted by Crippen LogP contribution is 2.20. The van der Waals surface area contributed by atoms with Gasteiger partial charge in [0.05, 0.1) is 6.42 Å². The van der Waals surface area contributed by atoms with E-state index in [2.05, 4.69) is 10.3 Å². The number of H-pyrrole nitrogens is 1. The van der Waals surface area contributed by atoms with Gasteiger partial charge in [-0.15, -0.1) is 0 Å². The number of aromatic amines is 1. The Hall–Kier alpha value is -2.50. The van der Waals surface area contributed by atoms with Gasteiger partial charge in [0.1, 0.15) is 0 Å². The first-order valence-corrected chi connectivity index (χ1v) is 10.1. The lowest BCUT2D eigenvalue weighted by atomic mass is 10.1. The van der Waals surface area contributed by atoms with Gasteiger partial charge in [0.25, 0.3) is 0 Å². The Labute approximate surface area is 159 Å². The lowest BCUT2D eigenvalue weighted by molar-refractivity contribution is -0.130. The minimum atomic E-state index is 0.0350. The highest BCUT2D eigenvalue weighted by molar-refractivity contribution is 5.89. The molecule has 2 aliphatic rings. The average molecular weight is 368 g/mol. The number of benzene rings is 1. The second-order valence-electron chi connectivity index (χ2n) is 7.69. The molecule has 2 aromatic rings. The molecule has 1 saturated carbocycles. The Kier molecular flexibility index (Phi) is 5.32. The number of rotatable bonds is 3. The van der Waals surface area contributed by atoms with E-state index >= 15 is 0 Å². The van der Waals surface area contributed by atoms with E-state index in [4.69, 9.17) is 0 Å². The van der Waals surface area contributed by atoms with Crippen molar-refractivity contribution in [3.05, 3.63) is 36.0 Å². The highest BCUT2D eigenvalue weighted by atomic mass is 16.2. The summed E-state index contributed by atoms with van der Waals surface area (Å²) in [5.41, 5.74) is 2.10. The van der Waals surface area contributed by atoms with Gasteiger partial charge < -0.3 is 20.1 Å². The second-order valence-corrected chi connectivity index (χ2v) is 7.69. The third-order valence-corrected chi connectivity index (χ3v) is 5.84. The first kappa shape index (κ1) is 17.9. The van der Waals surface area contributed by atoms with Crippen LogP contribution >= 0.6 is 0 Å². The number of nitrogens with one attached hydrogen (secondary N) is 2. The molecule has 1 aliphatic heterocycles. The minimum absolute atomic E-state index is 0.0350. The van der Waals surface area contributed by atoms with Gasteiger partial charge in [-0.1, -0.05) is 31.0 Å². The van der Waals surface area contributed by atoms with Crippen LogP contribution in [0.1, 0.15) is 37.7 Å². The van der Waals surface area contributed by atoms with Gasteiger partial charge in [-0.3, -0.25) is 4.79 Å². The lowest BCUT2D eigenvalue weighted by Crippen LogP contribution is -2.45. The van der Waals surface area contributed by atoms with Crippen LogP contribution in [0.4, 0.5) is 4.79 Å². The molecule has 3 amide bonds. The number of amides is 3. The van der Waals surface area contributed by atoms with Crippen molar-refractivity contribution in [2.24, 2.45) is 0 Å². The van der Waals surface area contributed by atoms with Crippen LogP contribution in [0.25, 0.3) is 10.9 Å². The van der Waals surface area contributed by atoms with Crippen LogP contribution in [0.5, 0.6) is 0 Å². The van der Waals surface area contributed by atoms with E-state index in [0.29, 0.717) is 32.1 Å². The van der Waals surface area contributed by atoms with Gasteiger partial charge >= 0.3 is 6.03 Å². The molecule has 0 spiro atoms. The molecule has 0 atom stereocenters. The average Bonchev–Trinajstić information content (AvgIpc) is 3.25. The maximum absolute atomic E-state index is 12.8. The first-order valence-electron chi connectivity index (χ1n) is 10.1. The summed E-state index contributed by atoms with van der Waals surface area (Å²) in [6.07, 6.45) is 7.77. The van der Waals surface area contributed by atoms with Crippen molar-refractivity contribution in [3.63, 3.8) is 0 Å². The molecule has 1 aromatic carbocycles. The topological polar surface area (TPSA) is 68.4 Å². The smallest absolute Gasteiger partial charge is 0.317 e. The minimum Gasteiger partial charge on any atom is -0.361 e. The number of hydrogen-bond acceptors (Lipinski definition) is 2. The van der Waals surface area contributed by atoms with Crippen molar-refractivity contribution in [2.75, 3.05) is 26.2 Å². The molecule has 4 rings (SSSR count). The summed E-state index contributed by atoms with van der Waals surface area (Å²) in [7, 11) is 0. The number of para-hydroxylation sites is 1. The van der Waals surface area contributed by atoms with Crippen molar-refractivity contribution in [1.29, 1.82) is 0 Å². The third-order valence-electron chi connectivity index (χ3n) is 5.84. The monoisotopic (exact) mass is 368 g/mol. The van der Waals surface area contributed by atoms with E-state index in [1.165, 1.54) is 12.8 Å². The molecule has 6 heteroatoms. The normalized spacial score (nSPS) is 18.7. The van der Waals surface area contributed by atoms with Crippen molar-refractivity contribution >= 4 is 22.8 Å². The zero-order chi connectivity index (χ0) is 18.6. The summed E-state index contributed by atoms with van der Waals surface area (Å²) in [4.78, 5) is 32.3. The van der Waals surface area contributed by atoms with E-state index in [1.807, 2.05) is 40.3 Å². The molecular weight excluding hydrogens is 340 g/mol. The molecule has 0 unspecified atom stereocenters. The van der Waals surface area contributed by atoms with Gasteiger partial charge in [0, 0.05) is 49.3 Å². The molecule has 2 fully saturated rings. The van der Waals surface area contributed by atoms with Gasteiger partial charge in [0.2, 0.25) is 5.91 Å². The van der Waals surface area contributed by atoms with Gasteiger partial charge in [0.15, 0.2) is 0 Å². The fourth-order valence-corrected chi connectivity index (χ4v) is 4.26. The molecule has 144 valence electrons. The second kappa shape index (κ2) is 8.03. The van der Waals surface area contributed by atoms with Crippen molar-refractivity contribution in [3.8, 4) is 0 Å². The molecular formula is C21H28N4O2. The molecule has 6 nitrogen and oxygen atoms in total. The third kappa shape index (κ3) is 4.10. The number of hydrogen-bond donors (Lipinski definition) is 2. The Balaban J connectivity index is 1.33. The Bertz CT molecular complexity index is 809. The summed E-state index contributed by atoms with van der Waals surface area (Å²) in [5.74, 6) is 0.137. The Morgan fingerprint density at radius 1 is 1.00 bits per heavy atom. The van der Waals surface area contributed by atoms with E-state index in [0.717, 1.165) is 42.3 Å². The maximum Gasteiger partial charge on any atom is 0.317 e. The van der Waals surface area contributed by atoms with Crippen LogP contribution in [0, 0.1) is 0 Å². The molecule has 1 saturated heterocycles. The number of nitrogens with zero attached hydrogens (tertiary/aromatic N) is 2. The summed E-state index contributed by atoms with van der Waals surface area (Å²) >= 11 is 0. The van der Waals surface area contributed by atoms with Crippen LogP contribution in [0.3, 0.4) is 0 Å². The number of carbonyl (C=O) groups is 2.